The van der Waals surface area contributed by atoms with E-state index in [0.717, 1.165) is 24.7 Å². The van der Waals surface area contributed by atoms with E-state index in [1.807, 2.05) is 31.2 Å². The van der Waals surface area contributed by atoms with Gasteiger partial charge in [0.25, 0.3) is 0 Å². The highest BCUT2D eigenvalue weighted by Gasteiger charge is 2.01. The molecule has 0 heterocycles. The van der Waals surface area contributed by atoms with Crippen molar-refractivity contribution in [2.45, 2.75) is 26.6 Å². The molecule has 0 radical (unpaired) electrons. The first kappa shape index (κ1) is 15.0. The largest absolute Gasteiger partial charge is 0.377 e. The first-order chi connectivity index (χ1) is 9.79. The van der Waals surface area contributed by atoms with Crippen LogP contribution in [0.4, 0.5) is 0 Å². The molecule has 2 nitrogen and oxygen atoms in total. The molecule has 0 saturated heterocycles. The average molecular weight is 290 g/mol. The van der Waals surface area contributed by atoms with Gasteiger partial charge >= 0.3 is 0 Å². The van der Waals surface area contributed by atoms with Crippen LogP contribution in [0.5, 0.6) is 0 Å². The van der Waals surface area contributed by atoms with Crippen LogP contribution in [0.15, 0.2) is 48.5 Å². The summed E-state index contributed by atoms with van der Waals surface area (Å²) >= 11 is 5.88. The van der Waals surface area contributed by atoms with Crippen molar-refractivity contribution in [3.05, 3.63) is 70.2 Å². The first-order valence-corrected chi connectivity index (χ1v) is 7.27. The van der Waals surface area contributed by atoms with Crippen LogP contribution in [-0.2, 0) is 24.4 Å². The van der Waals surface area contributed by atoms with Gasteiger partial charge in [-0.2, -0.15) is 0 Å². The number of hydrogen-bond acceptors (Lipinski definition) is 2. The Hall–Kier alpha value is -1.35. The van der Waals surface area contributed by atoms with E-state index in [-0.39, 0.29) is 0 Å². The Labute approximate surface area is 125 Å². The van der Waals surface area contributed by atoms with Crippen molar-refractivity contribution in [2.75, 3.05) is 6.61 Å². The molecule has 2 rings (SSSR count). The zero-order chi connectivity index (χ0) is 14.2. The summed E-state index contributed by atoms with van der Waals surface area (Å²) in [7, 11) is 0. The Bertz CT molecular complexity index is 525. The fourth-order valence-electron chi connectivity index (χ4n) is 2.03. The summed E-state index contributed by atoms with van der Waals surface area (Å²) in [6.45, 7) is 5.11. The molecule has 20 heavy (non-hydrogen) atoms. The maximum Gasteiger partial charge on any atom is 0.0719 e. The van der Waals surface area contributed by atoms with Gasteiger partial charge in [0.15, 0.2) is 0 Å². The Morgan fingerprint density at radius 1 is 0.950 bits per heavy atom. The minimum absolute atomic E-state index is 0.676. The molecular weight excluding hydrogens is 270 g/mol. The summed E-state index contributed by atoms with van der Waals surface area (Å²) in [5.74, 6) is 0. The van der Waals surface area contributed by atoms with Gasteiger partial charge in [0.1, 0.15) is 0 Å². The van der Waals surface area contributed by atoms with E-state index in [2.05, 4.69) is 29.6 Å². The van der Waals surface area contributed by atoms with E-state index in [1.165, 1.54) is 16.7 Å². The van der Waals surface area contributed by atoms with Crippen LogP contribution in [0.2, 0.25) is 5.02 Å². The standard InChI is InChI=1S/C17H20ClNO/c1-2-20-13-16-6-4-3-5-15(16)12-19-11-14-7-9-17(18)10-8-14/h3-10,19H,2,11-13H2,1H3. The maximum atomic E-state index is 5.88. The summed E-state index contributed by atoms with van der Waals surface area (Å²) in [6, 6.07) is 16.3. The van der Waals surface area contributed by atoms with E-state index in [1.54, 1.807) is 0 Å². The first-order valence-electron chi connectivity index (χ1n) is 6.89. The van der Waals surface area contributed by atoms with Crippen LogP contribution < -0.4 is 5.32 Å². The van der Waals surface area contributed by atoms with Crippen LogP contribution in [0, 0.1) is 0 Å². The topological polar surface area (TPSA) is 21.3 Å². The highest BCUT2D eigenvalue weighted by molar-refractivity contribution is 6.30. The van der Waals surface area contributed by atoms with Gasteiger partial charge in [-0.3, -0.25) is 0 Å². The average Bonchev–Trinajstić information content (AvgIpc) is 2.48. The second kappa shape index (κ2) is 8.05. The minimum Gasteiger partial charge on any atom is -0.377 e. The lowest BCUT2D eigenvalue weighted by molar-refractivity contribution is 0.133. The van der Waals surface area contributed by atoms with E-state index in [4.69, 9.17) is 16.3 Å². The molecule has 0 amide bonds. The zero-order valence-electron chi connectivity index (χ0n) is 11.7. The number of hydrogen-bond donors (Lipinski definition) is 1. The highest BCUT2D eigenvalue weighted by atomic mass is 35.5. The molecule has 0 aliphatic carbocycles. The fourth-order valence-corrected chi connectivity index (χ4v) is 2.15. The van der Waals surface area contributed by atoms with Gasteiger partial charge in [0.2, 0.25) is 0 Å². The predicted molar refractivity (Wildman–Crippen MR) is 83.8 cm³/mol. The second-order valence-corrected chi connectivity index (χ2v) is 5.07. The number of nitrogens with one attached hydrogen (secondary N) is 1. The summed E-state index contributed by atoms with van der Waals surface area (Å²) in [6.07, 6.45) is 0. The summed E-state index contributed by atoms with van der Waals surface area (Å²) < 4.78 is 5.50. The highest BCUT2D eigenvalue weighted by Crippen LogP contribution is 2.12. The van der Waals surface area contributed by atoms with Gasteiger partial charge in [0, 0.05) is 24.7 Å². The van der Waals surface area contributed by atoms with Gasteiger partial charge in [-0.1, -0.05) is 48.0 Å². The number of benzene rings is 2. The predicted octanol–water partition coefficient (Wildman–Crippen LogP) is 4.17. The molecule has 106 valence electrons. The van der Waals surface area contributed by atoms with Gasteiger partial charge in [-0.25, -0.2) is 0 Å². The molecule has 3 heteroatoms. The van der Waals surface area contributed by atoms with Crippen molar-refractivity contribution in [1.29, 1.82) is 0 Å². The molecule has 0 aromatic heterocycles. The fraction of sp³-hybridized carbons (Fsp3) is 0.294. The quantitative estimate of drug-likeness (QED) is 0.826. The molecule has 0 saturated carbocycles. The summed E-state index contributed by atoms with van der Waals surface area (Å²) in [5, 5.41) is 4.23. The van der Waals surface area contributed by atoms with Crippen LogP contribution in [-0.4, -0.2) is 6.61 Å². The number of halogens is 1. The van der Waals surface area contributed by atoms with Crippen LogP contribution in [0.25, 0.3) is 0 Å². The zero-order valence-corrected chi connectivity index (χ0v) is 12.5. The van der Waals surface area contributed by atoms with Gasteiger partial charge < -0.3 is 10.1 Å². The lowest BCUT2D eigenvalue weighted by Gasteiger charge is -2.10. The van der Waals surface area contributed by atoms with E-state index in [0.29, 0.717) is 6.61 Å². The van der Waals surface area contributed by atoms with Crippen molar-refractivity contribution in [3.8, 4) is 0 Å². The van der Waals surface area contributed by atoms with Crippen molar-refractivity contribution < 1.29 is 4.74 Å². The van der Waals surface area contributed by atoms with Crippen molar-refractivity contribution >= 4 is 11.6 Å². The van der Waals surface area contributed by atoms with Gasteiger partial charge in [-0.15, -0.1) is 0 Å². The molecule has 0 aliphatic heterocycles. The van der Waals surface area contributed by atoms with E-state index < -0.39 is 0 Å². The SMILES string of the molecule is CCOCc1ccccc1CNCc1ccc(Cl)cc1. The lowest BCUT2D eigenvalue weighted by Crippen LogP contribution is -2.14. The smallest absolute Gasteiger partial charge is 0.0719 e. The molecule has 0 aliphatic rings. The normalized spacial score (nSPS) is 10.7. The van der Waals surface area contributed by atoms with Crippen LogP contribution >= 0.6 is 11.6 Å². The molecule has 0 bridgehead atoms. The Kier molecular flexibility index (Phi) is 6.06. The third kappa shape index (κ3) is 4.64. The Morgan fingerprint density at radius 2 is 1.65 bits per heavy atom. The molecule has 0 fully saturated rings. The van der Waals surface area contributed by atoms with Crippen molar-refractivity contribution in [3.63, 3.8) is 0 Å². The molecule has 0 unspecified atom stereocenters. The summed E-state index contributed by atoms with van der Waals surface area (Å²) in [4.78, 5) is 0. The molecule has 1 N–H and O–H groups in total. The summed E-state index contributed by atoms with van der Waals surface area (Å²) in [5.41, 5.74) is 3.77. The van der Waals surface area contributed by atoms with Crippen molar-refractivity contribution in [1.82, 2.24) is 5.32 Å². The van der Waals surface area contributed by atoms with Gasteiger partial charge in [-0.05, 0) is 35.7 Å². The third-order valence-electron chi connectivity index (χ3n) is 3.14. The van der Waals surface area contributed by atoms with Crippen molar-refractivity contribution in [2.24, 2.45) is 0 Å². The number of ether oxygens (including phenoxy) is 1. The van der Waals surface area contributed by atoms with E-state index in [9.17, 15) is 0 Å². The molecule has 2 aromatic carbocycles. The molecule has 0 spiro atoms. The Balaban J connectivity index is 1.88. The van der Waals surface area contributed by atoms with E-state index >= 15 is 0 Å². The van der Waals surface area contributed by atoms with Crippen LogP contribution in [0.3, 0.4) is 0 Å². The second-order valence-electron chi connectivity index (χ2n) is 4.64. The Morgan fingerprint density at radius 3 is 2.35 bits per heavy atom. The number of rotatable bonds is 7. The molecule has 2 aromatic rings. The monoisotopic (exact) mass is 289 g/mol. The minimum atomic E-state index is 0.676. The molecular formula is C17H20ClNO. The lowest BCUT2D eigenvalue weighted by atomic mass is 10.1. The van der Waals surface area contributed by atoms with Crippen LogP contribution in [0.1, 0.15) is 23.6 Å². The van der Waals surface area contributed by atoms with Gasteiger partial charge in [0.05, 0.1) is 6.61 Å². The maximum absolute atomic E-state index is 5.88. The third-order valence-corrected chi connectivity index (χ3v) is 3.39. The molecule has 0 atom stereocenters.